The Hall–Kier alpha value is -1.54. The molecule has 0 aliphatic heterocycles. The van der Waals surface area contributed by atoms with Crippen molar-refractivity contribution in [3.63, 3.8) is 0 Å². The van der Waals surface area contributed by atoms with Crippen LogP contribution < -0.4 is 4.74 Å². The summed E-state index contributed by atoms with van der Waals surface area (Å²) in [6.07, 6.45) is 0. The fourth-order valence-electron chi connectivity index (χ4n) is 1.49. The van der Waals surface area contributed by atoms with Crippen LogP contribution in [-0.2, 0) is 7.05 Å². The average Bonchev–Trinajstić information content (AvgIpc) is 2.51. The van der Waals surface area contributed by atoms with Crippen molar-refractivity contribution in [2.24, 2.45) is 7.05 Å². The summed E-state index contributed by atoms with van der Waals surface area (Å²) < 4.78 is 7.54. The number of methoxy groups -OCH3 is 1. The quantitative estimate of drug-likeness (QED) is 0.795. The molecule has 0 saturated carbocycles. The fourth-order valence-corrected chi connectivity index (χ4v) is 2.00. The highest BCUT2D eigenvalue weighted by Crippen LogP contribution is 2.30. The Balaban J connectivity index is 2.83. The third kappa shape index (κ3) is 1.47. The number of ether oxygens (including phenoxy) is 1. The number of rotatable bonds is 1. The van der Waals surface area contributed by atoms with E-state index in [1.807, 2.05) is 6.07 Å². The van der Waals surface area contributed by atoms with Crippen LogP contribution in [0.15, 0.2) is 16.6 Å². The number of aryl methyl sites for hydroxylation is 1. The number of fused-ring (bicyclic) bond motifs is 1. The zero-order valence-electron chi connectivity index (χ0n) is 8.28. The van der Waals surface area contributed by atoms with Crippen LogP contribution in [0.5, 0.6) is 5.75 Å². The molecule has 0 aliphatic rings. The van der Waals surface area contributed by atoms with Gasteiger partial charge in [-0.05, 0) is 22.0 Å². The zero-order valence-corrected chi connectivity index (χ0v) is 9.87. The van der Waals surface area contributed by atoms with Crippen molar-refractivity contribution < 1.29 is 4.74 Å². The van der Waals surface area contributed by atoms with Crippen LogP contribution in [0.2, 0.25) is 0 Å². The molecular weight excluding hydrogens is 258 g/mol. The second kappa shape index (κ2) is 3.55. The van der Waals surface area contributed by atoms with Gasteiger partial charge in [0.25, 0.3) is 0 Å². The average molecular weight is 266 g/mol. The highest BCUT2D eigenvalue weighted by molar-refractivity contribution is 9.10. The van der Waals surface area contributed by atoms with E-state index in [1.165, 1.54) is 0 Å². The Morgan fingerprint density at radius 3 is 2.87 bits per heavy atom. The number of hydrogen-bond acceptors (Lipinski definition) is 3. The first-order chi connectivity index (χ1) is 7.17. The molecule has 0 N–H and O–H groups in total. The van der Waals surface area contributed by atoms with Crippen LogP contribution in [0.1, 0.15) is 5.69 Å². The third-order valence-electron chi connectivity index (χ3n) is 2.21. The van der Waals surface area contributed by atoms with Gasteiger partial charge in [0.05, 0.1) is 17.1 Å². The first kappa shape index (κ1) is 9.99. The van der Waals surface area contributed by atoms with Gasteiger partial charge >= 0.3 is 0 Å². The summed E-state index contributed by atoms with van der Waals surface area (Å²) in [7, 11) is 3.35. The number of nitriles is 1. The van der Waals surface area contributed by atoms with Gasteiger partial charge in [-0.3, -0.25) is 4.68 Å². The maximum atomic E-state index is 8.97. The molecule has 76 valence electrons. The minimum atomic E-state index is 0.549. The lowest BCUT2D eigenvalue weighted by Gasteiger charge is -2.01. The molecule has 0 radical (unpaired) electrons. The third-order valence-corrected chi connectivity index (χ3v) is 2.83. The Labute approximate surface area is 95.2 Å². The Kier molecular flexibility index (Phi) is 2.37. The van der Waals surface area contributed by atoms with Crippen LogP contribution >= 0.6 is 15.9 Å². The van der Waals surface area contributed by atoms with Crippen LogP contribution in [0.4, 0.5) is 0 Å². The lowest BCUT2D eigenvalue weighted by Crippen LogP contribution is -1.92. The van der Waals surface area contributed by atoms with Gasteiger partial charge in [-0.1, -0.05) is 0 Å². The van der Waals surface area contributed by atoms with Crippen molar-refractivity contribution in [1.82, 2.24) is 9.78 Å². The first-order valence-electron chi connectivity index (χ1n) is 4.27. The lowest BCUT2D eigenvalue weighted by molar-refractivity contribution is 0.412. The molecule has 1 aromatic carbocycles. The monoisotopic (exact) mass is 265 g/mol. The van der Waals surface area contributed by atoms with Gasteiger partial charge in [0, 0.05) is 18.5 Å². The minimum Gasteiger partial charge on any atom is -0.495 e. The molecule has 0 unspecified atom stereocenters. The normalized spacial score (nSPS) is 10.3. The molecule has 0 saturated heterocycles. The van der Waals surface area contributed by atoms with Crippen LogP contribution in [-0.4, -0.2) is 16.9 Å². The predicted octanol–water partition coefficient (Wildman–Crippen LogP) is 2.22. The van der Waals surface area contributed by atoms with Gasteiger partial charge in [0.1, 0.15) is 17.5 Å². The first-order valence-corrected chi connectivity index (χ1v) is 5.07. The van der Waals surface area contributed by atoms with Crippen LogP contribution in [0.3, 0.4) is 0 Å². The standard InChI is InChI=1S/C10H8BrN3O/c1-14-9(5-12)6-3-7(11)10(15-2)4-8(6)13-14/h3-4H,1-2H3. The van der Waals surface area contributed by atoms with E-state index < -0.39 is 0 Å². The molecule has 0 amide bonds. The topological polar surface area (TPSA) is 50.8 Å². The Morgan fingerprint density at radius 1 is 1.53 bits per heavy atom. The van der Waals surface area contributed by atoms with Gasteiger partial charge in [-0.2, -0.15) is 10.4 Å². The van der Waals surface area contributed by atoms with E-state index in [0.717, 1.165) is 15.4 Å². The zero-order chi connectivity index (χ0) is 11.0. The van der Waals surface area contributed by atoms with Gasteiger partial charge < -0.3 is 4.74 Å². The van der Waals surface area contributed by atoms with E-state index in [9.17, 15) is 0 Å². The van der Waals surface area contributed by atoms with Crippen molar-refractivity contribution in [2.45, 2.75) is 0 Å². The van der Waals surface area contributed by atoms with Gasteiger partial charge in [-0.15, -0.1) is 0 Å². The molecule has 15 heavy (non-hydrogen) atoms. The molecule has 0 spiro atoms. The predicted molar refractivity (Wildman–Crippen MR) is 59.7 cm³/mol. The van der Waals surface area contributed by atoms with Crippen molar-refractivity contribution in [2.75, 3.05) is 7.11 Å². The molecule has 1 aromatic heterocycles. The summed E-state index contributed by atoms with van der Waals surface area (Å²) in [5.74, 6) is 0.713. The second-order valence-electron chi connectivity index (χ2n) is 3.09. The smallest absolute Gasteiger partial charge is 0.146 e. The van der Waals surface area contributed by atoms with Gasteiger partial charge in [0.15, 0.2) is 0 Å². The maximum Gasteiger partial charge on any atom is 0.146 e. The van der Waals surface area contributed by atoms with Crippen molar-refractivity contribution >= 4 is 26.8 Å². The van der Waals surface area contributed by atoms with E-state index in [1.54, 1.807) is 24.9 Å². The number of halogens is 1. The summed E-state index contributed by atoms with van der Waals surface area (Å²) in [5.41, 5.74) is 1.31. The summed E-state index contributed by atoms with van der Waals surface area (Å²) in [6, 6.07) is 5.77. The highest BCUT2D eigenvalue weighted by atomic mass is 79.9. The van der Waals surface area contributed by atoms with Crippen molar-refractivity contribution in [3.8, 4) is 11.8 Å². The molecule has 1 heterocycles. The molecule has 0 atom stereocenters. The van der Waals surface area contributed by atoms with E-state index in [2.05, 4.69) is 27.1 Å². The molecule has 4 nitrogen and oxygen atoms in total. The van der Waals surface area contributed by atoms with Crippen LogP contribution in [0.25, 0.3) is 10.9 Å². The number of aromatic nitrogens is 2. The summed E-state index contributed by atoms with van der Waals surface area (Å²) >= 11 is 3.38. The molecule has 0 aliphatic carbocycles. The van der Waals surface area contributed by atoms with E-state index in [0.29, 0.717) is 11.4 Å². The van der Waals surface area contributed by atoms with E-state index in [-0.39, 0.29) is 0 Å². The van der Waals surface area contributed by atoms with E-state index in [4.69, 9.17) is 10.00 Å². The van der Waals surface area contributed by atoms with E-state index >= 15 is 0 Å². The molecule has 2 aromatic rings. The van der Waals surface area contributed by atoms with Crippen molar-refractivity contribution in [1.29, 1.82) is 5.26 Å². The van der Waals surface area contributed by atoms with Gasteiger partial charge in [-0.25, -0.2) is 0 Å². The van der Waals surface area contributed by atoms with Gasteiger partial charge in [0.2, 0.25) is 0 Å². The molecule has 5 heteroatoms. The van der Waals surface area contributed by atoms with Crippen molar-refractivity contribution in [3.05, 3.63) is 22.3 Å². The Morgan fingerprint density at radius 2 is 2.27 bits per heavy atom. The molecule has 0 bridgehead atoms. The summed E-state index contributed by atoms with van der Waals surface area (Å²) in [6.45, 7) is 0. The number of hydrogen-bond donors (Lipinski definition) is 0. The fraction of sp³-hybridized carbons (Fsp3) is 0.200. The molecule has 2 rings (SSSR count). The number of nitrogens with zero attached hydrogens (tertiary/aromatic N) is 3. The summed E-state index contributed by atoms with van der Waals surface area (Å²) in [5, 5.41) is 14.0. The molecular formula is C10H8BrN3O. The van der Waals surface area contributed by atoms with Crippen LogP contribution in [0, 0.1) is 11.3 Å². The SMILES string of the molecule is COc1cc2nn(C)c(C#N)c2cc1Br. The minimum absolute atomic E-state index is 0.549. The Bertz CT molecular complexity index is 568. The molecule has 0 fully saturated rings. The maximum absolute atomic E-state index is 8.97. The number of benzene rings is 1. The summed E-state index contributed by atoms with van der Waals surface area (Å²) in [4.78, 5) is 0. The lowest BCUT2D eigenvalue weighted by atomic mass is 10.2. The highest BCUT2D eigenvalue weighted by Gasteiger charge is 2.11. The largest absolute Gasteiger partial charge is 0.495 e. The second-order valence-corrected chi connectivity index (χ2v) is 3.94.